The lowest BCUT2D eigenvalue weighted by Gasteiger charge is -2.14. The van der Waals surface area contributed by atoms with Gasteiger partial charge in [0.1, 0.15) is 5.82 Å². The van der Waals surface area contributed by atoms with Crippen LogP contribution in [0.1, 0.15) is 24.5 Å². The molecule has 0 fully saturated rings. The van der Waals surface area contributed by atoms with Crippen molar-refractivity contribution < 1.29 is 12.8 Å². The second-order valence-electron chi connectivity index (χ2n) is 5.86. The number of rotatable bonds is 7. The summed E-state index contributed by atoms with van der Waals surface area (Å²) in [6, 6.07) is 13.8. The molecule has 0 bridgehead atoms. The molecule has 0 saturated carbocycles. The van der Waals surface area contributed by atoms with Crippen LogP contribution < -0.4 is 5.32 Å². The molecule has 0 radical (unpaired) electrons. The summed E-state index contributed by atoms with van der Waals surface area (Å²) in [4.78, 5) is 0.339. The van der Waals surface area contributed by atoms with Crippen LogP contribution in [0.25, 0.3) is 0 Å². The number of hydrogen-bond acceptors (Lipinski definition) is 3. The van der Waals surface area contributed by atoms with E-state index in [4.69, 9.17) is 0 Å². The molecular weight excluding hydrogens is 313 g/mol. The zero-order valence-electron chi connectivity index (χ0n) is 13.4. The van der Waals surface area contributed by atoms with Crippen molar-refractivity contribution in [3.05, 3.63) is 65.5 Å². The van der Waals surface area contributed by atoms with Crippen LogP contribution >= 0.6 is 0 Å². The number of sulfone groups is 1. The smallest absolute Gasteiger partial charge is 0.175 e. The van der Waals surface area contributed by atoms with E-state index >= 15 is 0 Å². The summed E-state index contributed by atoms with van der Waals surface area (Å²) in [5, 5.41) is 3.42. The van der Waals surface area contributed by atoms with Gasteiger partial charge >= 0.3 is 0 Å². The molecule has 1 atom stereocenters. The fourth-order valence-corrected chi connectivity index (χ4v) is 2.91. The maximum atomic E-state index is 12.8. The van der Waals surface area contributed by atoms with Crippen molar-refractivity contribution in [3.8, 4) is 0 Å². The fraction of sp³-hybridized carbons (Fsp3) is 0.333. The lowest BCUT2D eigenvalue weighted by molar-refractivity contribution is 0.513. The summed E-state index contributed by atoms with van der Waals surface area (Å²) in [7, 11) is -3.14. The van der Waals surface area contributed by atoms with Crippen molar-refractivity contribution in [2.75, 3.05) is 6.26 Å². The van der Waals surface area contributed by atoms with E-state index in [0.29, 0.717) is 17.5 Å². The van der Waals surface area contributed by atoms with E-state index in [0.717, 1.165) is 24.0 Å². The van der Waals surface area contributed by atoms with Crippen LogP contribution in [0.3, 0.4) is 0 Å². The van der Waals surface area contributed by atoms with Crippen LogP contribution in [-0.2, 0) is 22.8 Å². The molecule has 0 amide bonds. The zero-order valence-corrected chi connectivity index (χ0v) is 14.2. The predicted molar refractivity (Wildman–Crippen MR) is 90.6 cm³/mol. The van der Waals surface area contributed by atoms with E-state index in [9.17, 15) is 12.8 Å². The van der Waals surface area contributed by atoms with Crippen molar-refractivity contribution in [2.24, 2.45) is 0 Å². The molecule has 2 rings (SSSR count). The molecular formula is C18H22FNO2S. The molecule has 0 spiro atoms. The van der Waals surface area contributed by atoms with E-state index in [-0.39, 0.29) is 5.82 Å². The topological polar surface area (TPSA) is 46.2 Å². The standard InChI is InChI=1S/C18H22FNO2S/c1-14(3-4-15-5-9-17(19)10-6-15)20-13-16-7-11-18(12-8-16)23(2,21)22/h5-12,14,20H,3-4,13H2,1-2H3/t14-/m1/s1. The van der Waals surface area contributed by atoms with Crippen LogP contribution in [0.15, 0.2) is 53.4 Å². The van der Waals surface area contributed by atoms with Crippen LogP contribution in [-0.4, -0.2) is 20.7 Å². The van der Waals surface area contributed by atoms with E-state index in [1.54, 1.807) is 12.1 Å². The van der Waals surface area contributed by atoms with Gasteiger partial charge < -0.3 is 5.32 Å². The average molecular weight is 335 g/mol. The lowest BCUT2D eigenvalue weighted by atomic mass is 10.1. The molecule has 0 aliphatic carbocycles. The Hall–Kier alpha value is -1.72. The minimum Gasteiger partial charge on any atom is -0.310 e. The van der Waals surface area contributed by atoms with E-state index in [2.05, 4.69) is 12.2 Å². The summed E-state index contributed by atoms with van der Waals surface area (Å²) >= 11 is 0. The van der Waals surface area contributed by atoms with Gasteiger partial charge in [-0.3, -0.25) is 0 Å². The molecule has 3 nitrogen and oxygen atoms in total. The second kappa shape index (κ2) is 7.70. The molecule has 0 saturated heterocycles. The summed E-state index contributed by atoms with van der Waals surface area (Å²) < 4.78 is 35.7. The quantitative estimate of drug-likeness (QED) is 0.844. The van der Waals surface area contributed by atoms with E-state index in [1.807, 2.05) is 24.3 Å². The summed E-state index contributed by atoms with van der Waals surface area (Å²) in [5.74, 6) is -0.211. The molecule has 1 N–H and O–H groups in total. The molecule has 124 valence electrons. The predicted octanol–water partition coefficient (Wildman–Crippen LogP) is 3.34. The summed E-state index contributed by atoms with van der Waals surface area (Å²) in [6.07, 6.45) is 3.05. The first kappa shape index (κ1) is 17.6. The molecule has 23 heavy (non-hydrogen) atoms. The van der Waals surface area contributed by atoms with Crippen molar-refractivity contribution in [2.45, 2.75) is 37.2 Å². The van der Waals surface area contributed by atoms with Crippen molar-refractivity contribution in [3.63, 3.8) is 0 Å². The number of hydrogen-bond donors (Lipinski definition) is 1. The molecule has 0 aliphatic rings. The first-order valence-electron chi connectivity index (χ1n) is 7.61. The fourth-order valence-electron chi connectivity index (χ4n) is 2.28. The van der Waals surface area contributed by atoms with Gasteiger partial charge in [0.05, 0.1) is 4.90 Å². The molecule has 0 aliphatic heterocycles. The first-order chi connectivity index (χ1) is 10.8. The Balaban J connectivity index is 1.80. The van der Waals surface area contributed by atoms with Crippen LogP contribution in [0.2, 0.25) is 0 Å². The largest absolute Gasteiger partial charge is 0.310 e. The normalized spacial score (nSPS) is 13.0. The van der Waals surface area contributed by atoms with Gasteiger partial charge in [-0.1, -0.05) is 24.3 Å². The number of nitrogens with one attached hydrogen (secondary N) is 1. The Labute approximate surface area is 137 Å². The molecule has 5 heteroatoms. The zero-order chi connectivity index (χ0) is 16.9. The third-order valence-corrected chi connectivity index (χ3v) is 4.91. The second-order valence-corrected chi connectivity index (χ2v) is 7.88. The Morgan fingerprint density at radius 3 is 2.13 bits per heavy atom. The molecule has 0 aromatic heterocycles. The minimum absolute atomic E-state index is 0.211. The van der Waals surface area contributed by atoms with Crippen LogP contribution in [0.5, 0.6) is 0 Å². The Kier molecular flexibility index (Phi) is 5.91. The Morgan fingerprint density at radius 2 is 1.57 bits per heavy atom. The Bertz CT molecular complexity index is 725. The van der Waals surface area contributed by atoms with Gasteiger partial charge in [0.25, 0.3) is 0 Å². The van der Waals surface area contributed by atoms with Gasteiger partial charge in [-0.05, 0) is 55.2 Å². The third kappa shape index (κ3) is 5.77. The lowest BCUT2D eigenvalue weighted by Crippen LogP contribution is -2.25. The highest BCUT2D eigenvalue weighted by Gasteiger charge is 2.07. The molecule has 2 aromatic rings. The van der Waals surface area contributed by atoms with Gasteiger partial charge in [0, 0.05) is 18.8 Å². The van der Waals surface area contributed by atoms with Gasteiger partial charge in [0.2, 0.25) is 0 Å². The highest BCUT2D eigenvalue weighted by Crippen LogP contribution is 2.11. The van der Waals surface area contributed by atoms with Crippen molar-refractivity contribution >= 4 is 9.84 Å². The maximum absolute atomic E-state index is 12.8. The van der Waals surface area contributed by atoms with E-state index < -0.39 is 9.84 Å². The molecule has 2 aromatic carbocycles. The van der Waals surface area contributed by atoms with Gasteiger partial charge in [-0.25, -0.2) is 12.8 Å². The highest BCUT2D eigenvalue weighted by atomic mass is 32.2. The summed E-state index contributed by atoms with van der Waals surface area (Å²) in [6.45, 7) is 2.79. The molecule has 0 heterocycles. The SMILES string of the molecule is C[C@H](CCc1ccc(F)cc1)NCc1ccc(S(C)(=O)=O)cc1. The maximum Gasteiger partial charge on any atom is 0.175 e. The van der Waals surface area contributed by atoms with Crippen molar-refractivity contribution in [1.29, 1.82) is 0 Å². The van der Waals surface area contributed by atoms with E-state index in [1.165, 1.54) is 18.4 Å². The van der Waals surface area contributed by atoms with Crippen LogP contribution in [0.4, 0.5) is 4.39 Å². The average Bonchev–Trinajstić information content (AvgIpc) is 2.52. The number of benzene rings is 2. The third-order valence-electron chi connectivity index (χ3n) is 3.79. The van der Waals surface area contributed by atoms with Gasteiger partial charge in [0.15, 0.2) is 9.84 Å². The highest BCUT2D eigenvalue weighted by molar-refractivity contribution is 7.90. The number of halogens is 1. The number of aryl methyl sites for hydroxylation is 1. The van der Waals surface area contributed by atoms with Gasteiger partial charge in [-0.2, -0.15) is 0 Å². The van der Waals surface area contributed by atoms with Gasteiger partial charge in [-0.15, -0.1) is 0 Å². The minimum atomic E-state index is -3.14. The van der Waals surface area contributed by atoms with Crippen molar-refractivity contribution in [1.82, 2.24) is 5.32 Å². The molecule has 0 unspecified atom stereocenters. The Morgan fingerprint density at radius 1 is 1.00 bits per heavy atom. The first-order valence-corrected chi connectivity index (χ1v) is 9.50. The monoisotopic (exact) mass is 335 g/mol. The van der Waals surface area contributed by atoms with Crippen LogP contribution in [0, 0.1) is 5.82 Å². The summed E-state index contributed by atoms with van der Waals surface area (Å²) in [5.41, 5.74) is 2.17.